The van der Waals surface area contributed by atoms with Gasteiger partial charge in [-0.2, -0.15) is 0 Å². The molecule has 2 aromatic carbocycles. The second-order valence-corrected chi connectivity index (χ2v) is 4.38. The van der Waals surface area contributed by atoms with Crippen molar-refractivity contribution in [2.24, 2.45) is 0 Å². The second kappa shape index (κ2) is 4.31. The fourth-order valence-electron chi connectivity index (χ4n) is 1.97. The van der Waals surface area contributed by atoms with Gasteiger partial charge in [0.05, 0.1) is 11.0 Å². The van der Waals surface area contributed by atoms with E-state index in [0.29, 0.717) is 11.4 Å². The number of aromatic nitrogens is 2. The first-order chi connectivity index (χ1) is 9.13. The normalized spacial score (nSPS) is 10.8. The molecule has 0 aliphatic carbocycles. The number of nitrogens with one attached hydrogen (secondary N) is 1. The van der Waals surface area contributed by atoms with Crippen molar-refractivity contribution in [3.63, 3.8) is 0 Å². The summed E-state index contributed by atoms with van der Waals surface area (Å²) in [4.78, 5) is 18.9. The summed E-state index contributed by atoms with van der Waals surface area (Å²) in [6.07, 6.45) is 0. The zero-order valence-electron chi connectivity index (χ0n) is 10.3. The number of carbonyl (C=O) groups is 1. The highest BCUT2D eigenvalue weighted by Gasteiger charge is 2.07. The molecule has 4 heteroatoms. The Hall–Kier alpha value is -2.49. The standard InChI is InChI=1S/C15H11FN2O/c1-9(19)11-4-7-13-14(8-11)18-15(17-13)10-2-5-12(16)6-3-10/h2-8H,1H3,(H,17,18). The van der Waals surface area contributed by atoms with E-state index in [4.69, 9.17) is 0 Å². The Kier molecular flexibility index (Phi) is 2.63. The van der Waals surface area contributed by atoms with Gasteiger partial charge >= 0.3 is 0 Å². The SMILES string of the molecule is CC(=O)c1ccc2nc(-c3ccc(F)cc3)[nH]c2c1. The summed E-state index contributed by atoms with van der Waals surface area (Å²) in [5.74, 6) is 0.397. The number of halogens is 1. The average Bonchev–Trinajstić information content (AvgIpc) is 2.82. The molecule has 0 fully saturated rings. The Labute approximate surface area is 109 Å². The summed E-state index contributed by atoms with van der Waals surface area (Å²) >= 11 is 0. The van der Waals surface area contributed by atoms with E-state index in [0.717, 1.165) is 16.6 Å². The van der Waals surface area contributed by atoms with Crippen molar-refractivity contribution < 1.29 is 9.18 Å². The first-order valence-corrected chi connectivity index (χ1v) is 5.90. The first-order valence-electron chi connectivity index (χ1n) is 5.90. The summed E-state index contributed by atoms with van der Waals surface area (Å²) in [7, 11) is 0. The molecule has 0 saturated heterocycles. The number of hydrogen-bond acceptors (Lipinski definition) is 2. The van der Waals surface area contributed by atoms with Gasteiger partial charge in [-0.15, -0.1) is 0 Å². The Bertz CT molecular complexity index is 759. The molecule has 0 aliphatic heterocycles. The van der Waals surface area contributed by atoms with Crippen LogP contribution in [0.3, 0.4) is 0 Å². The summed E-state index contributed by atoms with van der Waals surface area (Å²) in [5, 5.41) is 0. The molecule has 1 heterocycles. The minimum Gasteiger partial charge on any atom is -0.338 e. The molecule has 1 aromatic heterocycles. The molecule has 1 N–H and O–H groups in total. The molecule has 0 aliphatic rings. The van der Waals surface area contributed by atoms with Crippen LogP contribution in [0.4, 0.5) is 4.39 Å². The molecular weight excluding hydrogens is 243 g/mol. The Morgan fingerprint density at radius 1 is 1.16 bits per heavy atom. The lowest BCUT2D eigenvalue weighted by atomic mass is 10.1. The van der Waals surface area contributed by atoms with E-state index in [1.807, 2.05) is 0 Å². The van der Waals surface area contributed by atoms with Crippen molar-refractivity contribution in [3.8, 4) is 11.4 Å². The van der Waals surface area contributed by atoms with E-state index >= 15 is 0 Å². The van der Waals surface area contributed by atoms with Gasteiger partial charge in [0.1, 0.15) is 11.6 Å². The fraction of sp³-hybridized carbons (Fsp3) is 0.0667. The number of nitrogens with zero attached hydrogens (tertiary/aromatic N) is 1. The Balaban J connectivity index is 2.11. The minimum absolute atomic E-state index is 0.0137. The van der Waals surface area contributed by atoms with Gasteiger partial charge < -0.3 is 4.98 Å². The zero-order valence-corrected chi connectivity index (χ0v) is 10.3. The summed E-state index contributed by atoms with van der Waals surface area (Å²) < 4.78 is 12.9. The smallest absolute Gasteiger partial charge is 0.159 e. The molecule has 94 valence electrons. The van der Waals surface area contributed by atoms with Crippen molar-refractivity contribution in [1.82, 2.24) is 9.97 Å². The number of rotatable bonds is 2. The van der Waals surface area contributed by atoms with Crippen LogP contribution in [0.25, 0.3) is 22.4 Å². The van der Waals surface area contributed by atoms with Gasteiger partial charge in [0.15, 0.2) is 5.78 Å². The van der Waals surface area contributed by atoms with Crippen molar-refractivity contribution >= 4 is 16.8 Å². The van der Waals surface area contributed by atoms with E-state index in [9.17, 15) is 9.18 Å². The monoisotopic (exact) mass is 254 g/mol. The molecule has 0 amide bonds. The second-order valence-electron chi connectivity index (χ2n) is 4.38. The predicted octanol–water partition coefficient (Wildman–Crippen LogP) is 3.57. The van der Waals surface area contributed by atoms with Gasteiger partial charge in [-0.25, -0.2) is 9.37 Å². The number of Topliss-reactive ketones (excluding diaryl/α,β-unsaturated/α-hetero) is 1. The number of aromatic amines is 1. The highest BCUT2D eigenvalue weighted by molar-refractivity contribution is 5.97. The van der Waals surface area contributed by atoms with Gasteiger partial charge in [-0.05, 0) is 49.4 Å². The quantitative estimate of drug-likeness (QED) is 0.710. The Morgan fingerprint density at radius 3 is 2.58 bits per heavy atom. The molecule has 0 bridgehead atoms. The highest BCUT2D eigenvalue weighted by atomic mass is 19.1. The van der Waals surface area contributed by atoms with Crippen LogP contribution in [0, 0.1) is 5.82 Å². The fourth-order valence-corrected chi connectivity index (χ4v) is 1.97. The van der Waals surface area contributed by atoms with Crippen LogP contribution >= 0.6 is 0 Å². The molecule has 3 aromatic rings. The number of hydrogen-bond donors (Lipinski definition) is 1. The van der Waals surface area contributed by atoms with Crippen LogP contribution in [-0.4, -0.2) is 15.8 Å². The Morgan fingerprint density at radius 2 is 1.89 bits per heavy atom. The number of carbonyl (C=O) groups excluding carboxylic acids is 1. The lowest BCUT2D eigenvalue weighted by Crippen LogP contribution is -1.90. The van der Waals surface area contributed by atoms with Crippen LogP contribution < -0.4 is 0 Å². The summed E-state index contributed by atoms with van der Waals surface area (Å²) in [6.45, 7) is 1.53. The van der Waals surface area contributed by atoms with E-state index in [1.165, 1.54) is 19.1 Å². The third-order valence-electron chi connectivity index (χ3n) is 3.01. The van der Waals surface area contributed by atoms with Crippen LogP contribution in [0.5, 0.6) is 0 Å². The van der Waals surface area contributed by atoms with Crippen LogP contribution in [0.2, 0.25) is 0 Å². The molecule has 0 saturated carbocycles. The van der Waals surface area contributed by atoms with Gasteiger partial charge in [0, 0.05) is 11.1 Å². The van der Waals surface area contributed by atoms with Crippen LogP contribution in [0.15, 0.2) is 42.5 Å². The zero-order chi connectivity index (χ0) is 13.4. The summed E-state index contributed by atoms with van der Waals surface area (Å²) in [6, 6.07) is 11.4. The van der Waals surface area contributed by atoms with E-state index in [-0.39, 0.29) is 11.6 Å². The minimum atomic E-state index is -0.279. The largest absolute Gasteiger partial charge is 0.338 e. The van der Waals surface area contributed by atoms with Crippen LogP contribution in [-0.2, 0) is 0 Å². The number of H-pyrrole nitrogens is 1. The van der Waals surface area contributed by atoms with Crippen molar-refractivity contribution in [1.29, 1.82) is 0 Å². The van der Waals surface area contributed by atoms with Crippen molar-refractivity contribution in [2.45, 2.75) is 6.92 Å². The van der Waals surface area contributed by atoms with Crippen molar-refractivity contribution in [2.75, 3.05) is 0 Å². The maximum atomic E-state index is 12.9. The molecule has 0 unspecified atom stereocenters. The van der Waals surface area contributed by atoms with Gasteiger partial charge in [0.25, 0.3) is 0 Å². The number of fused-ring (bicyclic) bond motifs is 1. The molecule has 0 spiro atoms. The maximum absolute atomic E-state index is 12.9. The van der Waals surface area contributed by atoms with Gasteiger partial charge in [-0.3, -0.25) is 4.79 Å². The third-order valence-corrected chi connectivity index (χ3v) is 3.01. The molecule has 19 heavy (non-hydrogen) atoms. The van der Waals surface area contributed by atoms with Gasteiger partial charge in [-0.1, -0.05) is 0 Å². The molecule has 0 atom stereocenters. The molecule has 3 nitrogen and oxygen atoms in total. The predicted molar refractivity (Wildman–Crippen MR) is 71.5 cm³/mol. The lowest BCUT2D eigenvalue weighted by Gasteiger charge is -1.95. The maximum Gasteiger partial charge on any atom is 0.159 e. The van der Waals surface area contributed by atoms with E-state index in [1.54, 1.807) is 30.3 Å². The highest BCUT2D eigenvalue weighted by Crippen LogP contribution is 2.21. The third kappa shape index (κ3) is 2.12. The lowest BCUT2D eigenvalue weighted by molar-refractivity contribution is 0.101. The number of benzene rings is 2. The average molecular weight is 254 g/mol. The summed E-state index contributed by atoms with van der Waals surface area (Å²) in [5.41, 5.74) is 3.03. The first kappa shape index (κ1) is 11.6. The van der Waals surface area contributed by atoms with Gasteiger partial charge in [0.2, 0.25) is 0 Å². The number of imidazole rings is 1. The van der Waals surface area contributed by atoms with E-state index in [2.05, 4.69) is 9.97 Å². The van der Waals surface area contributed by atoms with E-state index < -0.39 is 0 Å². The number of ketones is 1. The molecule has 3 rings (SSSR count). The molecule has 0 radical (unpaired) electrons. The van der Waals surface area contributed by atoms with Crippen LogP contribution in [0.1, 0.15) is 17.3 Å². The molecular formula is C15H11FN2O. The van der Waals surface area contributed by atoms with Crippen molar-refractivity contribution in [3.05, 3.63) is 53.8 Å². The topological polar surface area (TPSA) is 45.8 Å².